The van der Waals surface area contributed by atoms with Crippen LogP contribution in [0.3, 0.4) is 0 Å². The number of nitrogens with one attached hydrogen (secondary N) is 1. The Bertz CT molecular complexity index is 671. The SMILES string of the molecule is CNc1cccc(S(=O)(=O)N2CCC(C)(O)C2)c1[N+](=O)[O-]. The number of β-amino-alcohol motifs (C(OH)–C–C–N with tert-alkyl or cyclic N) is 1. The van der Waals surface area contributed by atoms with Crippen molar-refractivity contribution in [2.45, 2.75) is 23.8 Å². The van der Waals surface area contributed by atoms with Crippen LogP contribution in [0.5, 0.6) is 0 Å². The molecule has 1 unspecified atom stereocenters. The fourth-order valence-corrected chi connectivity index (χ4v) is 4.11. The van der Waals surface area contributed by atoms with Crippen molar-refractivity contribution < 1.29 is 18.4 Å². The number of rotatable bonds is 4. The summed E-state index contributed by atoms with van der Waals surface area (Å²) in [4.78, 5) is 10.1. The highest BCUT2D eigenvalue weighted by molar-refractivity contribution is 7.89. The van der Waals surface area contributed by atoms with Gasteiger partial charge in [0.25, 0.3) is 0 Å². The number of para-hydroxylation sites is 1. The quantitative estimate of drug-likeness (QED) is 0.627. The molecule has 1 aliphatic heterocycles. The number of hydrogen-bond donors (Lipinski definition) is 2. The van der Waals surface area contributed by atoms with Crippen molar-refractivity contribution in [2.75, 3.05) is 25.5 Å². The summed E-state index contributed by atoms with van der Waals surface area (Å²) in [6, 6.07) is 4.10. The molecule has 1 atom stereocenters. The lowest BCUT2D eigenvalue weighted by Crippen LogP contribution is -2.34. The summed E-state index contributed by atoms with van der Waals surface area (Å²) in [7, 11) is -2.54. The van der Waals surface area contributed by atoms with E-state index in [0.717, 1.165) is 4.31 Å². The van der Waals surface area contributed by atoms with Crippen LogP contribution < -0.4 is 5.32 Å². The van der Waals surface area contributed by atoms with Gasteiger partial charge in [0.05, 0.1) is 10.5 Å². The zero-order valence-electron chi connectivity index (χ0n) is 11.7. The second kappa shape index (κ2) is 5.24. The van der Waals surface area contributed by atoms with E-state index in [1.807, 2.05) is 0 Å². The third-order valence-electron chi connectivity index (χ3n) is 3.49. The van der Waals surface area contributed by atoms with E-state index in [2.05, 4.69) is 5.32 Å². The second-order valence-corrected chi connectivity index (χ2v) is 7.15. The summed E-state index contributed by atoms with van der Waals surface area (Å²) in [5.74, 6) is 0. The van der Waals surface area contributed by atoms with Crippen LogP contribution in [0, 0.1) is 10.1 Å². The molecule has 0 radical (unpaired) electrons. The predicted molar refractivity (Wildman–Crippen MR) is 76.6 cm³/mol. The Kier molecular flexibility index (Phi) is 3.91. The van der Waals surface area contributed by atoms with Gasteiger partial charge in [-0.3, -0.25) is 10.1 Å². The van der Waals surface area contributed by atoms with E-state index in [9.17, 15) is 23.6 Å². The van der Waals surface area contributed by atoms with Crippen molar-refractivity contribution in [1.82, 2.24) is 4.31 Å². The summed E-state index contributed by atoms with van der Waals surface area (Å²) >= 11 is 0. The number of hydrogen-bond acceptors (Lipinski definition) is 6. The Hall–Kier alpha value is -1.71. The summed E-state index contributed by atoms with van der Waals surface area (Å²) in [6.45, 7) is 1.60. The first-order valence-corrected chi connectivity index (χ1v) is 7.81. The highest BCUT2D eigenvalue weighted by atomic mass is 32.2. The highest BCUT2D eigenvalue weighted by Crippen LogP contribution is 2.35. The van der Waals surface area contributed by atoms with Gasteiger partial charge in [-0.05, 0) is 25.5 Å². The van der Waals surface area contributed by atoms with Gasteiger partial charge in [0.1, 0.15) is 5.69 Å². The average molecular weight is 315 g/mol. The van der Waals surface area contributed by atoms with Gasteiger partial charge in [-0.25, -0.2) is 8.42 Å². The first kappa shape index (κ1) is 15.7. The number of aliphatic hydroxyl groups is 1. The highest BCUT2D eigenvalue weighted by Gasteiger charge is 2.41. The van der Waals surface area contributed by atoms with Crippen LogP contribution in [0.1, 0.15) is 13.3 Å². The van der Waals surface area contributed by atoms with Crippen LogP contribution in [0.25, 0.3) is 0 Å². The van der Waals surface area contributed by atoms with Gasteiger partial charge in [0.15, 0.2) is 4.90 Å². The van der Waals surface area contributed by atoms with E-state index in [-0.39, 0.29) is 23.7 Å². The first-order chi connectivity index (χ1) is 9.69. The van der Waals surface area contributed by atoms with E-state index < -0.39 is 26.2 Å². The molecule has 8 nitrogen and oxygen atoms in total. The molecule has 1 heterocycles. The number of sulfonamides is 1. The molecule has 9 heteroatoms. The third-order valence-corrected chi connectivity index (χ3v) is 5.36. The molecule has 1 aliphatic rings. The zero-order chi connectivity index (χ0) is 15.8. The van der Waals surface area contributed by atoms with E-state index in [1.165, 1.54) is 25.2 Å². The lowest BCUT2D eigenvalue weighted by atomic mass is 10.1. The van der Waals surface area contributed by atoms with Gasteiger partial charge >= 0.3 is 5.69 Å². The topological polar surface area (TPSA) is 113 Å². The summed E-state index contributed by atoms with van der Waals surface area (Å²) in [5, 5.41) is 23.7. The maximum atomic E-state index is 12.6. The van der Waals surface area contributed by atoms with Crippen molar-refractivity contribution in [1.29, 1.82) is 0 Å². The Morgan fingerprint density at radius 2 is 2.14 bits per heavy atom. The molecule has 2 rings (SSSR count). The van der Waals surface area contributed by atoms with Gasteiger partial charge in [0.2, 0.25) is 10.0 Å². The number of nitro groups is 1. The number of benzene rings is 1. The number of nitro benzene ring substituents is 1. The number of anilines is 1. The van der Waals surface area contributed by atoms with E-state index in [0.29, 0.717) is 6.42 Å². The van der Waals surface area contributed by atoms with Gasteiger partial charge in [-0.2, -0.15) is 4.31 Å². The first-order valence-electron chi connectivity index (χ1n) is 6.37. The molecule has 1 aromatic rings. The molecule has 0 saturated carbocycles. The molecule has 2 N–H and O–H groups in total. The minimum absolute atomic E-state index is 0.0731. The third kappa shape index (κ3) is 2.85. The molecule has 1 saturated heterocycles. The van der Waals surface area contributed by atoms with Crippen molar-refractivity contribution >= 4 is 21.4 Å². The Balaban J connectivity index is 2.53. The predicted octanol–water partition coefficient (Wildman–Crippen LogP) is 0.782. The van der Waals surface area contributed by atoms with Crippen LogP contribution in [0.4, 0.5) is 11.4 Å². The van der Waals surface area contributed by atoms with Gasteiger partial charge < -0.3 is 10.4 Å². The lowest BCUT2D eigenvalue weighted by Gasteiger charge is -2.19. The summed E-state index contributed by atoms with van der Waals surface area (Å²) in [6.07, 6.45) is 0.297. The normalized spacial score (nSPS) is 23.2. The molecule has 21 heavy (non-hydrogen) atoms. The largest absolute Gasteiger partial charge is 0.389 e. The molecular weight excluding hydrogens is 298 g/mol. The molecule has 0 spiro atoms. The molecule has 0 amide bonds. The van der Waals surface area contributed by atoms with E-state index in [1.54, 1.807) is 6.92 Å². The van der Waals surface area contributed by atoms with Crippen LogP contribution in [-0.2, 0) is 10.0 Å². The standard InChI is InChI=1S/C12H17N3O5S/c1-12(16)6-7-14(8-12)21(19,20)10-5-3-4-9(13-2)11(10)15(17)18/h3-5,13,16H,6-8H2,1-2H3. The molecule has 1 fully saturated rings. The average Bonchev–Trinajstić information content (AvgIpc) is 2.78. The molecular formula is C12H17N3O5S. The Labute approximate surface area is 122 Å². The van der Waals surface area contributed by atoms with Crippen molar-refractivity contribution in [3.63, 3.8) is 0 Å². The molecule has 0 aliphatic carbocycles. The zero-order valence-corrected chi connectivity index (χ0v) is 12.6. The minimum Gasteiger partial charge on any atom is -0.389 e. The molecule has 1 aromatic carbocycles. The molecule has 116 valence electrons. The van der Waals surface area contributed by atoms with Crippen molar-refractivity contribution in [2.24, 2.45) is 0 Å². The van der Waals surface area contributed by atoms with Crippen LogP contribution in [0.2, 0.25) is 0 Å². The van der Waals surface area contributed by atoms with E-state index in [4.69, 9.17) is 0 Å². The number of nitrogens with zero attached hydrogens (tertiary/aromatic N) is 2. The lowest BCUT2D eigenvalue weighted by molar-refractivity contribution is -0.386. The van der Waals surface area contributed by atoms with Gasteiger partial charge in [0, 0.05) is 20.1 Å². The Morgan fingerprint density at radius 1 is 1.48 bits per heavy atom. The van der Waals surface area contributed by atoms with Crippen LogP contribution in [0.15, 0.2) is 23.1 Å². The van der Waals surface area contributed by atoms with Crippen LogP contribution >= 0.6 is 0 Å². The van der Waals surface area contributed by atoms with Gasteiger partial charge in [-0.1, -0.05) is 6.07 Å². The fraction of sp³-hybridized carbons (Fsp3) is 0.500. The summed E-state index contributed by atoms with van der Waals surface area (Å²) in [5.41, 5.74) is -1.46. The maximum absolute atomic E-state index is 12.6. The maximum Gasteiger partial charge on any atom is 0.312 e. The summed E-state index contributed by atoms with van der Waals surface area (Å²) < 4.78 is 26.3. The smallest absolute Gasteiger partial charge is 0.312 e. The van der Waals surface area contributed by atoms with Crippen molar-refractivity contribution in [3.8, 4) is 0 Å². The second-order valence-electron chi connectivity index (χ2n) is 5.24. The Morgan fingerprint density at radius 3 is 2.62 bits per heavy atom. The van der Waals surface area contributed by atoms with Crippen LogP contribution in [-0.4, -0.2) is 48.5 Å². The van der Waals surface area contributed by atoms with Crippen molar-refractivity contribution in [3.05, 3.63) is 28.3 Å². The monoisotopic (exact) mass is 315 g/mol. The van der Waals surface area contributed by atoms with E-state index >= 15 is 0 Å². The molecule has 0 aromatic heterocycles. The van der Waals surface area contributed by atoms with Gasteiger partial charge in [-0.15, -0.1) is 0 Å². The molecule has 0 bridgehead atoms. The fourth-order valence-electron chi connectivity index (χ4n) is 2.37. The minimum atomic E-state index is -4.03.